The zero-order valence-corrected chi connectivity index (χ0v) is 11.3. The number of amides is 1. The van der Waals surface area contributed by atoms with Crippen LogP contribution in [0.5, 0.6) is 0 Å². The minimum Gasteiger partial charge on any atom is -0.445 e. The van der Waals surface area contributed by atoms with E-state index in [1.54, 1.807) is 4.90 Å². The Morgan fingerprint density at radius 3 is 2.79 bits per heavy atom. The molecule has 1 aromatic carbocycles. The number of hydrogen-bond acceptors (Lipinski definition) is 3. The van der Waals surface area contributed by atoms with E-state index in [1.807, 2.05) is 30.3 Å². The molecule has 0 bridgehead atoms. The molecule has 1 saturated heterocycles. The lowest BCUT2D eigenvalue weighted by molar-refractivity contribution is 0.0535. The maximum Gasteiger partial charge on any atom is 0.410 e. The Hall–Kier alpha value is -1.55. The molecular weight excluding hydrogens is 242 g/mol. The standard InChI is InChI=1S/C15H21NO3/c1-12-9-16(8-7-14(12)10-17)15(18)19-11-13-5-3-2-4-6-13/h2-6,12,14,17H,7-11H2,1H3. The number of aliphatic hydroxyl groups is 1. The summed E-state index contributed by atoms with van der Waals surface area (Å²) < 4.78 is 5.31. The molecule has 1 aliphatic heterocycles. The van der Waals surface area contributed by atoms with Crippen molar-refractivity contribution in [2.75, 3.05) is 19.7 Å². The zero-order chi connectivity index (χ0) is 13.7. The maximum absolute atomic E-state index is 12.0. The first-order chi connectivity index (χ1) is 9.20. The molecule has 4 nitrogen and oxygen atoms in total. The molecule has 4 heteroatoms. The quantitative estimate of drug-likeness (QED) is 0.910. The highest BCUT2D eigenvalue weighted by Crippen LogP contribution is 2.23. The minimum atomic E-state index is -0.257. The van der Waals surface area contributed by atoms with E-state index in [4.69, 9.17) is 4.74 Å². The molecule has 0 aliphatic carbocycles. The maximum atomic E-state index is 12.0. The van der Waals surface area contributed by atoms with Gasteiger partial charge >= 0.3 is 6.09 Å². The Balaban J connectivity index is 1.81. The van der Waals surface area contributed by atoms with Crippen molar-refractivity contribution in [3.05, 3.63) is 35.9 Å². The highest BCUT2D eigenvalue weighted by molar-refractivity contribution is 5.67. The number of piperidine rings is 1. The summed E-state index contributed by atoms with van der Waals surface area (Å²) in [6, 6.07) is 9.67. The Morgan fingerprint density at radius 1 is 1.42 bits per heavy atom. The highest BCUT2D eigenvalue weighted by atomic mass is 16.6. The molecule has 104 valence electrons. The number of nitrogens with zero attached hydrogens (tertiary/aromatic N) is 1. The summed E-state index contributed by atoms with van der Waals surface area (Å²) in [5.41, 5.74) is 0.995. The predicted molar refractivity (Wildman–Crippen MR) is 72.6 cm³/mol. The van der Waals surface area contributed by atoms with Gasteiger partial charge in [-0.05, 0) is 23.8 Å². The molecule has 0 spiro atoms. The fourth-order valence-electron chi connectivity index (χ4n) is 2.44. The van der Waals surface area contributed by atoms with Crippen molar-refractivity contribution in [2.24, 2.45) is 11.8 Å². The molecule has 1 heterocycles. The van der Waals surface area contributed by atoms with E-state index in [0.717, 1.165) is 12.0 Å². The van der Waals surface area contributed by atoms with E-state index in [0.29, 0.717) is 31.5 Å². The van der Waals surface area contributed by atoms with Crippen LogP contribution in [0, 0.1) is 11.8 Å². The lowest BCUT2D eigenvalue weighted by Gasteiger charge is -2.35. The van der Waals surface area contributed by atoms with Crippen LogP contribution < -0.4 is 0 Å². The van der Waals surface area contributed by atoms with Gasteiger partial charge < -0.3 is 14.7 Å². The number of ether oxygens (including phenoxy) is 1. The first-order valence-electron chi connectivity index (χ1n) is 6.77. The van der Waals surface area contributed by atoms with Crippen molar-refractivity contribution in [1.29, 1.82) is 0 Å². The Bertz CT molecular complexity index is 407. The van der Waals surface area contributed by atoms with Crippen molar-refractivity contribution < 1.29 is 14.6 Å². The zero-order valence-electron chi connectivity index (χ0n) is 11.3. The fourth-order valence-corrected chi connectivity index (χ4v) is 2.44. The van der Waals surface area contributed by atoms with Gasteiger partial charge in [-0.15, -0.1) is 0 Å². The largest absolute Gasteiger partial charge is 0.445 e. The third-order valence-corrected chi connectivity index (χ3v) is 3.78. The minimum absolute atomic E-state index is 0.202. The molecule has 0 aromatic heterocycles. The van der Waals surface area contributed by atoms with E-state index in [-0.39, 0.29) is 12.7 Å². The van der Waals surface area contributed by atoms with Gasteiger partial charge in [-0.2, -0.15) is 0 Å². The molecule has 2 atom stereocenters. The van der Waals surface area contributed by atoms with Crippen LogP contribution >= 0.6 is 0 Å². The first kappa shape index (κ1) is 13.9. The Morgan fingerprint density at radius 2 is 2.16 bits per heavy atom. The van der Waals surface area contributed by atoms with Gasteiger partial charge in [0.15, 0.2) is 0 Å². The van der Waals surface area contributed by atoms with Crippen molar-refractivity contribution in [3.8, 4) is 0 Å². The van der Waals surface area contributed by atoms with Crippen molar-refractivity contribution in [1.82, 2.24) is 4.90 Å². The molecule has 1 N–H and O–H groups in total. The fraction of sp³-hybridized carbons (Fsp3) is 0.533. The van der Waals surface area contributed by atoms with Crippen LogP contribution in [0.3, 0.4) is 0 Å². The Kier molecular flexibility index (Phi) is 4.80. The highest BCUT2D eigenvalue weighted by Gasteiger charge is 2.28. The average molecular weight is 263 g/mol. The van der Waals surface area contributed by atoms with Gasteiger partial charge in [0, 0.05) is 19.7 Å². The van der Waals surface area contributed by atoms with Crippen LogP contribution in [0.4, 0.5) is 4.79 Å². The molecule has 19 heavy (non-hydrogen) atoms. The number of rotatable bonds is 3. The Labute approximate surface area is 114 Å². The summed E-state index contributed by atoms with van der Waals surface area (Å²) in [5, 5.41) is 9.20. The predicted octanol–water partition coefficient (Wildman–Crippen LogP) is 2.27. The number of carbonyl (C=O) groups is 1. The van der Waals surface area contributed by atoms with Gasteiger partial charge in [-0.3, -0.25) is 0 Å². The molecule has 0 saturated carbocycles. The molecular formula is C15H21NO3. The summed E-state index contributed by atoms with van der Waals surface area (Å²) in [5.74, 6) is 0.626. The molecule has 1 aliphatic rings. The number of aliphatic hydroxyl groups excluding tert-OH is 1. The van der Waals surface area contributed by atoms with Gasteiger partial charge in [0.25, 0.3) is 0 Å². The molecule has 2 unspecified atom stereocenters. The van der Waals surface area contributed by atoms with Crippen LogP contribution in [-0.4, -0.2) is 35.8 Å². The summed E-state index contributed by atoms with van der Waals surface area (Å²) in [7, 11) is 0. The van der Waals surface area contributed by atoms with Gasteiger partial charge in [-0.25, -0.2) is 4.79 Å². The van der Waals surface area contributed by atoms with E-state index in [2.05, 4.69) is 6.92 Å². The van der Waals surface area contributed by atoms with Crippen LogP contribution in [0.2, 0.25) is 0 Å². The monoisotopic (exact) mass is 263 g/mol. The summed E-state index contributed by atoms with van der Waals surface area (Å²) >= 11 is 0. The topological polar surface area (TPSA) is 49.8 Å². The first-order valence-corrected chi connectivity index (χ1v) is 6.77. The molecule has 2 rings (SSSR count). The normalized spacial score (nSPS) is 23.2. The third kappa shape index (κ3) is 3.70. The van der Waals surface area contributed by atoms with Crippen molar-refractivity contribution >= 4 is 6.09 Å². The van der Waals surface area contributed by atoms with E-state index < -0.39 is 0 Å². The molecule has 1 aromatic rings. The van der Waals surface area contributed by atoms with Crippen molar-refractivity contribution in [2.45, 2.75) is 20.0 Å². The lowest BCUT2D eigenvalue weighted by atomic mass is 9.88. The van der Waals surface area contributed by atoms with Gasteiger partial charge in [0.2, 0.25) is 0 Å². The second-order valence-corrected chi connectivity index (χ2v) is 5.19. The molecule has 1 amide bonds. The van der Waals surface area contributed by atoms with Crippen LogP contribution in [-0.2, 0) is 11.3 Å². The average Bonchev–Trinajstić information content (AvgIpc) is 2.45. The third-order valence-electron chi connectivity index (χ3n) is 3.78. The van der Waals surface area contributed by atoms with Crippen molar-refractivity contribution in [3.63, 3.8) is 0 Å². The second kappa shape index (κ2) is 6.57. The van der Waals surface area contributed by atoms with E-state index >= 15 is 0 Å². The van der Waals surface area contributed by atoms with Crippen LogP contribution in [0.15, 0.2) is 30.3 Å². The summed E-state index contributed by atoms with van der Waals surface area (Å²) in [4.78, 5) is 13.7. The molecule has 0 radical (unpaired) electrons. The van der Waals surface area contributed by atoms with E-state index in [1.165, 1.54) is 0 Å². The van der Waals surface area contributed by atoms with Crippen LogP contribution in [0.25, 0.3) is 0 Å². The summed E-state index contributed by atoms with van der Waals surface area (Å²) in [6.45, 7) is 3.92. The lowest BCUT2D eigenvalue weighted by Crippen LogP contribution is -2.43. The number of benzene rings is 1. The van der Waals surface area contributed by atoms with E-state index in [9.17, 15) is 9.90 Å². The molecule has 1 fully saturated rings. The van der Waals surface area contributed by atoms with Gasteiger partial charge in [0.1, 0.15) is 6.61 Å². The van der Waals surface area contributed by atoms with Gasteiger partial charge in [0.05, 0.1) is 0 Å². The second-order valence-electron chi connectivity index (χ2n) is 5.19. The SMILES string of the molecule is CC1CN(C(=O)OCc2ccccc2)CCC1CO. The number of carbonyl (C=O) groups excluding carboxylic acids is 1. The summed E-state index contributed by atoms with van der Waals surface area (Å²) in [6.07, 6.45) is 0.588. The smallest absolute Gasteiger partial charge is 0.410 e. The van der Waals surface area contributed by atoms with Gasteiger partial charge in [-0.1, -0.05) is 37.3 Å². The number of likely N-dealkylation sites (tertiary alicyclic amines) is 1. The van der Waals surface area contributed by atoms with Crippen LogP contribution in [0.1, 0.15) is 18.9 Å². The number of hydrogen-bond donors (Lipinski definition) is 1.